The summed E-state index contributed by atoms with van der Waals surface area (Å²) >= 11 is 0. The zero-order valence-corrected chi connectivity index (χ0v) is 9.90. The number of rotatable bonds is 2. The van der Waals surface area contributed by atoms with Crippen LogP contribution >= 0.6 is 0 Å². The first kappa shape index (κ1) is 12.8. The zero-order chi connectivity index (χ0) is 13.7. The molecular formula is C13H11FN4O. The molecule has 0 radical (unpaired) electrons. The van der Waals surface area contributed by atoms with Crippen molar-refractivity contribution >= 4 is 11.6 Å². The number of carbonyl (C=O) groups excluding carboxylic acids is 1. The second-order valence-electron chi connectivity index (χ2n) is 3.64. The Hall–Kier alpha value is -2.65. The fourth-order valence-corrected chi connectivity index (χ4v) is 1.44. The van der Waals surface area contributed by atoms with E-state index in [0.29, 0.717) is 16.8 Å². The number of halogens is 1. The predicted molar refractivity (Wildman–Crippen MR) is 68.9 cm³/mol. The molecule has 2 aromatic rings. The van der Waals surface area contributed by atoms with Crippen LogP contribution in [0.5, 0.6) is 0 Å². The van der Waals surface area contributed by atoms with Crippen molar-refractivity contribution in [1.29, 1.82) is 0 Å². The van der Waals surface area contributed by atoms with Gasteiger partial charge in [-0.25, -0.2) is 4.39 Å². The number of hydrogen-bond donors (Lipinski definition) is 3. The lowest BCUT2D eigenvalue weighted by molar-refractivity contribution is 0.102. The summed E-state index contributed by atoms with van der Waals surface area (Å²) < 4.78 is 13.2. The molecular weight excluding hydrogens is 247 g/mol. The van der Waals surface area contributed by atoms with E-state index in [9.17, 15) is 9.18 Å². The summed E-state index contributed by atoms with van der Waals surface area (Å²) in [6.45, 7) is 0.158. The van der Waals surface area contributed by atoms with E-state index in [4.69, 9.17) is 5.73 Å². The Labute approximate surface area is 109 Å². The summed E-state index contributed by atoms with van der Waals surface area (Å²) in [5.41, 5.74) is 6.45. The van der Waals surface area contributed by atoms with E-state index in [-0.39, 0.29) is 12.5 Å². The molecule has 0 aliphatic rings. The summed E-state index contributed by atoms with van der Waals surface area (Å²) in [7, 11) is 0. The number of carbonyl (C=O) groups is 1. The van der Waals surface area contributed by atoms with E-state index >= 15 is 0 Å². The Kier molecular flexibility index (Phi) is 3.90. The molecule has 4 N–H and O–H groups in total. The minimum absolute atomic E-state index is 0.158. The molecule has 5 nitrogen and oxygen atoms in total. The van der Waals surface area contributed by atoms with Crippen LogP contribution in [-0.4, -0.2) is 22.6 Å². The van der Waals surface area contributed by atoms with E-state index in [1.165, 1.54) is 30.6 Å². The number of benzene rings is 1. The van der Waals surface area contributed by atoms with Crippen LogP contribution in [0.15, 0.2) is 30.6 Å². The van der Waals surface area contributed by atoms with Crippen LogP contribution in [0.4, 0.5) is 10.1 Å². The first-order valence-corrected chi connectivity index (χ1v) is 5.49. The van der Waals surface area contributed by atoms with E-state index in [2.05, 4.69) is 27.4 Å². The number of aromatic amines is 1. The molecule has 6 heteroatoms. The largest absolute Gasteiger partial charge is 0.321 e. The average molecular weight is 258 g/mol. The van der Waals surface area contributed by atoms with Gasteiger partial charge in [-0.05, 0) is 18.2 Å². The van der Waals surface area contributed by atoms with Gasteiger partial charge in [-0.15, -0.1) is 0 Å². The fraction of sp³-hybridized carbons (Fsp3) is 0.0769. The molecule has 0 aliphatic carbocycles. The van der Waals surface area contributed by atoms with Crippen molar-refractivity contribution in [1.82, 2.24) is 10.2 Å². The lowest BCUT2D eigenvalue weighted by Crippen LogP contribution is -2.12. The van der Waals surface area contributed by atoms with Crippen LogP contribution in [0.3, 0.4) is 0 Å². The van der Waals surface area contributed by atoms with Crippen LogP contribution in [0.25, 0.3) is 0 Å². The number of amides is 1. The van der Waals surface area contributed by atoms with E-state index in [0.717, 1.165) is 0 Å². The summed E-state index contributed by atoms with van der Waals surface area (Å²) in [5, 5.41) is 8.86. The fourth-order valence-electron chi connectivity index (χ4n) is 1.44. The minimum Gasteiger partial charge on any atom is -0.321 e. The molecule has 0 saturated carbocycles. The van der Waals surface area contributed by atoms with Crippen molar-refractivity contribution in [3.05, 3.63) is 47.5 Å². The first-order chi connectivity index (χ1) is 9.20. The highest BCUT2D eigenvalue weighted by Crippen LogP contribution is 2.17. The predicted octanol–water partition coefficient (Wildman–Crippen LogP) is 1.11. The van der Waals surface area contributed by atoms with Gasteiger partial charge in [0.2, 0.25) is 0 Å². The lowest BCUT2D eigenvalue weighted by atomic mass is 10.1. The average Bonchev–Trinajstić information content (AvgIpc) is 2.93. The summed E-state index contributed by atoms with van der Waals surface area (Å²) in [6, 6.07) is 3.94. The maximum Gasteiger partial charge on any atom is 0.258 e. The van der Waals surface area contributed by atoms with Crippen LogP contribution < -0.4 is 11.1 Å². The minimum atomic E-state index is -0.428. The summed E-state index contributed by atoms with van der Waals surface area (Å²) in [6.07, 6.45) is 2.86. The molecule has 0 aliphatic heterocycles. The standard InChI is InChI=1S/C13H11FN4O/c14-11-3-4-12(9(6-11)2-1-5-15)18-13(19)10-7-16-17-8-10/h3-4,6-8H,5,15H2,(H,16,17)(H,18,19). The molecule has 2 rings (SSSR count). The van der Waals surface area contributed by atoms with Crippen LogP contribution in [0.1, 0.15) is 15.9 Å². The summed E-state index contributed by atoms with van der Waals surface area (Å²) in [5.74, 6) is 4.55. The van der Waals surface area contributed by atoms with Gasteiger partial charge in [0.05, 0.1) is 29.6 Å². The lowest BCUT2D eigenvalue weighted by Gasteiger charge is -2.06. The highest BCUT2D eigenvalue weighted by atomic mass is 19.1. The van der Waals surface area contributed by atoms with Gasteiger partial charge in [0.25, 0.3) is 5.91 Å². The Balaban J connectivity index is 2.27. The number of nitrogens with two attached hydrogens (primary N) is 1. The molecule has 0 bridgehead atoms. The Morgan fingerprint density at radius 1 is 1.53 bits per heavy atom. The second kappa shape index (κ2) is 5.80. The molecule has 1 heterocycles. The zero-order valence-electron chi connectivity index (χ0n) is 9.90. The van der Waals surface area contributed by atoms with Crippen LogP contribution in [0, 0.1) is 17.7 Å². The number of hydrogen-bond acceptors (Lipinski definition) is 3. The van der Waals surface area contributed by atoms with Gasteiger partial charge >= 0.3 is 0 Å². The Morgan fingerprint density at radius 3 is 3.05 bits per heavy atom. The molecule has 0 fully saturated rings. The van der Waals surface area contributed by atoms with Crippen molar-refractivity contribution in [2.45, 2.75) is 0 Å². The van der Waals surface area contributed by atoms with Gasteiger partial charge < -0.3 is 11.1 Å². The SMILES string of the molecule is NCC#Cc1cc(F)ccc1NC(=O)c1cn[nH]c1. The van der Waals surface area contributed by atoms with E-state index in [1.807, 2.05) is 0 Å². The van der Waals surface area contributed by atoms with Gasteiger partial charge in [-0.1, -0.05) is 11.8 Å². The number of H-pyrrole nitrogens is 1. The van der Waals surface area contributed by atoms with Gasteiger partial charge in [0.1, 0.15) is 5.82 Å². The van der Waals surface area contributed by atoms with Gasteiger partial charge in [0, 0.05) is 6.20 Å². The normalized spacial score (nSPS) is 9.58. The highest BCUT2D eigenvalue weighted by molar-refractivity contribution is 6.04. The third kappa shape index (κ3) is 3.18. The smallest absolute Gasteiger partial charge is 0.258 e. The topological polar surface area (TPSA) is 83.8 Å². The van der Waals surface area contributed by atoms with Crippen molar-refractivity contribution in [2.75, 3.05) is 11.9 Å². The molecule has 1 amide bonds. The van der Waals surface area contributed by atoms with E-state index < -0.39 is 5.82 Å². The van der Waals surface area contributed by atoms with E-state index in [1.54, 1.807) is 0 Å². The maximum atomic E-state index is 13.2. The molecule has 0 saturated heterocycles. The Bertz CT molecular complexity index is 640. The molecule has 0 spiro atoms. The molecule has 96 valence electrons. The van der Waals surface area contributed by atoms with Crippen molar-refractivity contribution in [3.8, 4) is 11.8 Å². The van der Waals surface area contributed by atoms with Crippen molar-refractivity contribution in [2.24, 2.45) is 5.73 Å². The number of nitrogens with one attached hydrogen (secondary N) is 2. The van der Waals surface area contributed by atoms with Crippen molar-refractivity contribution < 1.29 is 9.18 Å². The first-order valence-electron chi connectivity index (χ1n) is 5.49. The highest BCUT2D eigenvalue weighted by Gasteiger charge is 2.09. The van der Waals surface area contributed by atoms with Crippen molar-refractivity contribution in [3.63, 3.8) is 0 Å². The van der Waals surface area contributed by atoms with Gasteiger partial charge in [-0.3, -0.25) is 9.89 Å². The Morgan fingerprint density at radius 2 is 2.37 bits per heavy atom. The molecule has 0 unspecified atom stereocenters. The number of nitrogens with zero attached hydrogens (tertiary/aromatic N) is 1. The third-order valence-electron chi connectivity index (χ3n) is 2.32. The van der Waals surface area contributed by atoms with Crippen LogP contribution in [0.2, 0.25) is 0 Å². The number of aromatic nitrogens is 2. The maximum absolute atomic E-state index is 13.2. The second-order valence-corrected chi connectivity index (χ2v) is 3.64. The van der Waals surface area contributed by atoms with Crippen LogP contribution in [-0.2, 0) is 0 Å². The molecule has 19 heavy (non-hydrogen) atoms. The molecule has 0 atom stereocenters. The quantitative estimate of drug-likeness (QED) is 0.705. The van der Waals surface area contributed by atoms with Gasteiger partial charge in [-0.2, -0.15) is 5.10 Å². The molecule has 1 aromatic heterocycles. The monoisotopic (exact) mass is 258 g/mol. The van der Waals surface area contributed by atoms with Gasteiger partial charge in [0.15, 0.2) is 0 Å². The molecule has 1 aromatic carbocycles. The number of anilines is 1. The summed E-state index contributed by atoms with van der Waals surface area (Å²) in [4.78, 5) is 11.8. The third-order valence-corrected chi connectivity index (χ3v) is 2.32.